The van der Waals surface area contributed by atoms with Crippen molar-refractivity contribution in [3.05, 3.63) is 17.7 Å². The van der Waals surface area contributed by atoms with Gasteiger partial charge in [0, 0.05) is 17.6 Å². The van der Waals surface area contributed by atoms with Crippen molar-refractivity contribution in [2.45, 2.75) is 44.7 Å². The minimum absolute atomic E-state index is 0. The molecule has 0 saturated heterocycles. The first-order chi connectivity index (χ1) is 11.4. The second kappa shape index (κ2) is 9.15. The zero-order valence-electron chi connectivity index (χ0n) is 15.4. The van der Waals surface area contributed by atoms with E-state index in [-0.39, 0.29) is 24.2 Å². The van der Waals surface area contributed by atoms with Crippen LogP contribution < -0.4 is 25.3 Å². The molecule has 0 heterocycles. The van der Waals surface area contributed by atoms with Crippen molar-refractivity contribution in [1.82, 2.24) is 5.32 Å². The van der Waals surface area contributed by atoms with Gasteiger partial charge in [0.15, 0.2) is 11.5 Å². The molecule has 0 spiro atoms. The molecular formula is C18H29ClN2O4. The van der Waals surface area contributed by atoms with Crippen molar-refractivity contribution >= 4 is 18.3 Å². The zero-order chi connectivity index (χ0) is 17.7. The van der Waals surface area contributed by atoms with Crippen molar-refractivity contribution in [2.24, 2.45) is 11.7 Å². The quantitative estimate of drug-likeness (QED) is 0.802. The van der Waals surface area contributed by atoms with Crippen LogP contribution >= 0.6 is 12.4 Å². The molecule has 6 nitrogen and oxygen atoms in total. The molecule has 0 aliphatic heterocycles. The number of hydrogen-bond acceptors (Lipinski definition) is 5. The monoisotopic (exact) mass is 372 g/mol. The summed E-state index contributed by atoms with van der Waals surface area (Å²) < 4.78 is 16.1. The van der Waals surface area contributed by atoms with Crippen LogP contribution in [0.4, 0.5) is 0 Å². The van der Waals surface area contributed by atoms with Gasteiger partial charge in [-0.25, -0.2) is 0 Å². The lowest BCUT2D eigenvalue weighted by Crippen LogP contribution is -2.52. The van der Waals surface area contributed by atoms with Crippen LogP contribution in [0.1, 0.15) is 38.2 Å². The lowest BCUT2D eigenvalue weighted by atomic mass is 9.74. The third kappa shape index (κ3) is 4.70. The summed E-state index contributed by atoms with van der Waals surface area (Å²) in [5.41, 5.74) is 6.70. The van der Waals surface area contributed by atoms with E-state index in [1.54, 1.807) is 27.4 Å². The fourth-order valence-corrected chi connectivity index (χ4v) is 3.40. The molecule has 1 fully saturated rings. The number of amides is 1. The van der Waals surface area contributed by atoms with Crippen LogP contribution in [0.3, 0.4) is 0 Å². The average molecular weight is 373 g/mol. The van der Waals surface area contributed by atoms with Crippen molar-refractivity contribution in [1.29, 1.82) is 0 Å². The number of benzene rings is 1. The number of rotatable bonds is 6. The van der Waals surface area contributed by atoms with Crippen LogP contribution in [-0.2, 0) is 11.3 Å². The van der Waals surface area contributed by atoms with Gasteiger partial charge in [-0.15, -0.1) is 12.4 Å². The van der Waals surface area contributed by atoms with Gasteiger partial charge in [-0.3, -0.25) is 4.79 Å². The molecule has 25 heavy (non-hydrogen) atoms. The van der Waals surface area contributed by atoms with Crippen molar-refractivity contribution in [2.75, 3.05) is 21.3 Å². The van der Waals surface area contributed by atoms with E-state index in [9.17, 15) is 4.79 Å². The van der Waals surface area contributed by atoms with E-state index in [2.05, 4.69) is 5.32 Å². The molecule has 3 N–H and O–H groups in total. The van der Waals surface area contributed by atoms with Gasteiger partial charge in [-0.1, -0.05) is 12.8 Å². The maximum atomic E-state index is 12.6. The number of methoxy groups -OCH3 is 3. The maximum Gasteiger partial charge on any atom is 0.225 e. The summed E-state index contributed by atoms with van der Waals surface area (Å²) in [6, 6.07) is 3.67. The normalized spacial score (nSPS) is 22.5. The number of hydrogen-bond donors (Lipinski definition) is 2. The Morgan fingerprint density at radius 1 is 1.20 bits per heavy atom. The molecule has 1 amide bonds. The highest BCUT2D eigenvalue weighted by Crippen LogP contribution is 2.39. The summed E-state index contributed by atoms with van der Waals surface area (Å²) >= 11 is 0. The Bertz CT molecular complexity index is 593. The van der Waals surface area contributed by atoms with Gasteiger partial charge in [0.2, 0.25) is 11.7 Å². The van der Waals surface area contributed by atoms with E-state index < -0.39 is 5.54 Å². The van der Waals surface area contributed by atoms with E-state index in [0.29, 0.717) is 23.8 Å². The third-order valence-electron chi connectivity index (χ3n) is 4.81. The molecule has 1 aliphatic carbocycles. The first kappa shape index (κ1) is 21.4. The van der Waals surface area contributed by atoms with E-state index in [1.165, 1.54) is 0 Å². The second-order valence-corrected chi connectivity index (χ2v) is 6.52. The molecular weight excluding hydrogens is 344 g/mol. The van der Waals surface area contributed by atoms with E-state index in [1.807, 2.05) is 13.0 Å². The molecule has 7 heteroatoms. The molecule has 1 aromatic carbocycles. The number of nitrogens with one attached hydrogen (secondary N) is 1. The number of halogens is 1. The summed E-state index contributed by atoms with van der Waals surface area (Å²) in [7, 11) is 4.70. The lowest BCUT2D eigenvalue weighted by Gasteiger charge is -2.37. The van der Waals surface area contributed by atoms with E-state index in [0.717, 1.165) is 31.2 Å². The van der Waals surface area contributed by atoms with Crippen LogP contribution in [0, 0.1) is 5.92 Å². The summed E-state index contributed by atoms with van der Waals surface area (Å²) in [6.07, 6.45) is 3.84. The SMILES string of the molecule is COc1ccc(CNC(=O)C2CCCCC2(C)N)c(OC)c1OC.Cl. The highest BCUT2D eigenvalue weighted by molar-refractivity contribution is 5.85. The van der Waals surface area contributed by atoms with Gasteiger partial charge in [-0.05, 0) is 31.9 Å². The Hall–Kier alpha value is -1.66. The van der Waals surface area contributed by atoms with Crippen LogP contribution in [0.5, 0.6) is 17.2 Å². The Balaban J connectivity index is 0.00000312. The van der Waals surface area contributed by atoms with Gasteiger partial charge < -0.3 is 25.3 Å². The fourth-order valence-electron chi connectivity index (χ4n) is 3.40. The molecule has 1 saturated carbocycles. The molecule has 2 unspecified atom stereocenters. The van der Waals surface area contributed by atoms with Crippen molar-refractivity contribution in [3.8, 4) is 17.2 Å². The van der Waals surface area contributed by atoms with Crippen LogP contribution in [-0.4, -0.2) is 32.8 Å². The topological polar surface area (TPSA) is 82.8 Å². The molecule has 0 bridgehead atoms. The average Bonchev–Trinajstić information content (AvgIpc) is 2.58. The molecule has 0 radical (unpaired) electrons. The van der Waals surface area contributed by atoms with Crippen LogP contribution in [0.15, 0.2) is 12.1 Å². The number of carbonyl (C=O) groups excluding carboxylic acids is 1. The predicted molar refractivity (Wildman–Crippen MR) is 99.7 cm³/mol. The smallest absolute Gasteiger partial charge is 0.225 e. The Morgan fingerprint density at radius 3 is 2.44 bits per heavy atom. The van der Waals surface area contributed by atoms with Crippen molar-refractivity contribution < 1.29 is 19.0 Å². The van der Waals surface area contributed by atoms with Gasteiger partial charge in [0.05, 0.1) is 27.2 Å². The van der Waals surface area contributed by atoms with Gasteiger partial charge in [-0.2, -0.15) is 0 Å². The van der Waals surface area contributed by atoms with E-state index >= 15 is 0 Å². The summed E-state index contributed by atoms with van der Waals surface area (Å²) in [6.45, 7) is 2.32. The van der Waals surface area contributed by atoms with Crippen LogP contribution in [0.2, 0.25) is 0 Å². The number of ether oxygens (including phenoxy) is 3. The van der Waals surface area contributed by atoms with Gasteiger partial charge in [0.25, 0.3) is 0 Å². The molecule has 142 valence electrons. The highest BCUT2D eigenvalue weighted by atomic mass is 35.5. The third-order valence-corrected chi connectivity index (χ3v) is 4.81. The zero-order valence-corrected chi connectivity index (χ0v) is 16.2. The summed E-state index contributed by atoms with van der Waals surface area (Å²) in [5.74, 6) is 1.52. The van der Waals surface area contributed by atoms with E-state index in [4.69, 9.17) is 19.9 Å². The Morgan fingerprint density at radius 2 is 1.88 bits per heavy atom. The minimum atomic E-state index is -0.440. The lowest BCUT2D eigenvalue weighted by molar-refractivity contribution is -0.128. The molecule has 1 aliphatic rings. The molecule has 2 atom stereocenters. The largest absolute Gasteiger partial charge is 0.493 e. The maximum absolute atomic E-state index is 12.6. The molecule has 2 rings (SSSR count). The second-order valence-electron chi connectivity index (χ2n) is 6.52. The van der Waals surface area contributed by atoms with Gasteiger partial charge in [0.1, 0.15) is 0 Å². The highest BCUT2D eigenvalue weighted by Gasteiger charge is 2.37. The van der Waals surface area contributed by atoms with Crippen molar-refractivity contribution in [3.63, 3.8) is 0 Å². The van der Waals surface area contributed by atoms with Gasteiger partial charge >= 0.3 is 0 Å². The number of carbonyl (C=O) groups is 1. The molecule has 0 aromatic heterocycles. The standard InChI is InChI=1S/C18H28N2O4.ClH/c1-18(19)10-6-5-7-13(18)17(21)20-11-12-8-9-14(22-2)16(24-4)15(12)23-3;/h8-9,13H,5-7,10-11,19H2,1-4H3,(H,20,21);1H. The summed E-state index contributed by atoms with van der Waals surface area (Å²) in [4.78, 5) is 12.6. The Kier molecular flexibility index (Phi) is 7.83. The fraction of sp³-hybridized carbons (Fsp3) is 0.611. The number of nitrogens with two attached hydrogens (primary N) is 1. The predicted octanol–water partition coefficient (Wildman–Crippen LogP) is 2.66. The Labute approximate surface area is 155 Å². The first-order valence-electron chi connectivity index (χ1n) is 8.29. The molecule has 1 aromatic rings. The van der Waals surface area contributed by atoms with Crippen LogP contribution in [0.25, 0.3) is 0 Å². The first-order valence-corrected chi connectivity index (χ1v) is 8.29. The summed E-state index contributed by atoms with van der Waals surface area (Å²) in [5, 5.41) is 2.99. The minimum Gasteiger partial charge on any atom is -0.493 e.